The summed E-state index contributed by atoms with van der Waals surface area (Å²) in [6.07, 6.45) is 0. The number of pyridine rings is 1. The summed E-state index contributed by atoms with van der Waals surface area (Å²) in [5.74, 6) is 0. The molecule has 150 valence electrons. The van der Waals surface area contributed by atoms with Crippen LogP contribution in [0.15, 0.2) is 115 Å². The van der Waals surface area contributed by atoms with E-state index in [4.69, 9.17) is 4.98 Å². The van der Waals surface area contributed by atoms with Gasteiger partial charge in [-0.2, -0.15) is 0 Å². The second-order valence-electron chi connectivity index (χ2n) is 8.10. The van der Waals surface area contributed by atoms with Gasteiger partial charge < -0.3 is 9.13 Å². The highest BCUT2D eigenvalue weighted by atomic mass is 15.0. The van der Waals surface area contributed by atoms with Gasteiger partial charge in [-0.3, -0.25) is 0 Å². The molecule has 3 nitrogen and oxygen atoms in total. The van der Waals surface area contributed by atoms with E-state index in [-0.39, 0.29) is 0 Å². The normalized spacial score (nSPS) is 11.8. The molecule has 7 rings (SSSR count). The fraction of sp³-hybridized carbons (Fsp3) is 0. The largest absolute Gasteiger partial charge is 0.308 e. The minimum absolute atomic E-state index is 1.04. The molecule has 0 unspecified atom stereocenters. The Kier molecular flexibility index (Phi) is 3.55. The molecule has 0 aliphatic heterocycles. The van der Waals surface area contributed by atoms with E-state index in [1.165, 1.54) is 21.8 Å². The Balaban J connectivity index is 1.71. The molecule has 0 radical (unpaired) electrons. The first-order chi connectivity index (χ1) is 15.9. The van der Waals surface area contributed by atoms with E-state index in [0.717, 1.165) is 33.4 Å². The van der Waals surface area contributed by atoms with Crippen molar-refractivity contribution in [3.8, 4) is 11.4 Å². The van der Waals surface area contributed by atoms with Crippen LogP contribution in [0.4, 0.5) is 0 Å². The predicted octanol–water partition coefficient (Wildman–Crippen LogP) is 7.28. The van der Waals surface area contributed by atoms with Crippen LogP contribution in [-0.4, -0.2) is 14.1 Å². The van der Waals surface area contributed by atoms with E-state index in [0.29, 0.717) is 0 Å². The lowest BCUT2D eigenvalue weighted by Gasteiger charge is -2.09. The van der Waals surface area contributed by atoms with Crippen molar-refractivity contribution < 1.29 is 0 Å². The molecule has 0 saturated carbocycles. The molecule has 0 saturated heterocycles. The van der Waals surface area contributed by atoms with Crippen LogP contribution in [-0.2, 0) is 0 Å². The highest BCUT2D eigenvalue weighted by Crippen LogP contribution is 2.37. The average Bonchev–Trinajstić information content (AvgIpc) is 3.36. The molecule has 0 fully saturated rings. The van der Waals surface area contributed by atoms with Crippen molar-refractivity contribution in [3.63, 3.8) is 0 Å². The molecule has 0 amide bonds. The summed E-state index contributed by atoms with van der Waals surface area (Å²) in [7, 11) is 0. The van der Waals surface area contributed by atoms with E-state index in [9.17, 15) is 0 Å². The molecular formula is C29H19N3. The van der Waals surface area contributed by atoms with E-state index < -0.39 is 0 Å². The molecule has 0 spiro atoms. The number of aromatic nitrogens is 3. The molecule has 7 aromatic rings. The molecule has 0 N–H and O–H groups in total. The zero-order chi connectivity index (χ0) is 21.1. The predicted molar refractivity (Wildman–Crippen MR) is 133 cm³/mol. The van der Waals surface area contributed by atoms with E-state index in [1.54, 1.807) is 0 Å². The van der Waals surface area contributed by atoms with Crippen LogP contribution in [0.3, 0.4) is 0 Å². The zero-order valence-corrected chi connectivity index (χ0v) is 17.3. The van der Waals surface area contributed by atoms with Gasteiger partial charge in [0.05, 0.1) is 33.1 Å². The van der Waals surface area contributed by atoms with Crippen molar-refractivity contribution in [2.75, 3.05) is 0 Å². The third-order valence-electron chi connectivity index (χ3n) is 6.29. The number of rotatable bonds is 2. The molecule has 0 atom stereocenters. The summed E-state index contributed by atoms with van der Waals surface area (Å²) in [6, 6.07) is 40.5. The van der Waals surface area contributed by atoms with Crippen molar-refractivity contribution in [2.45, 2.75) is 0 Å². The maximum atomic E-state index is 5.28. The maximum Gasteiger partial charge on any atom is 0.0972 e. The Morgan fingerprint density at radius 1 is 0.406 bits per heavy atom. The second-order valence-corrected chi connectivity index (χ2v) is 8.10. The Hall–Kier alpha value is -4.37. The van der Waals surface area contributed by atoms with Crippen LogP contribution < -0.4 is 0 Å². The topological polar surface area (TPSA) is 22.8 Å². The average molecular weight is 409 g/mol. The molecule has 3 aromatic heterocycles. The van der Waals surface area contributed by atoms with E-state index >= 15 is 0 Å². The zero-order valence-electron chi connectivity index (χ0n) is 17.3. The lowest BCUT2D eigenvalue weighted by Crippen LogP contribution is -1.96. The summed E-state index contributed by atoms with van der Waals surface area (Å²) in [4.78, 5) is 5.28. The maximum absolute atomic E-state index is 5.28. The standard InChI is InChI=1S/C29H19N3/c1-3-11-20(12-4-1)31-24-17-9-7-15-22(24)28-26(31)19-27-29(30-28)23-16-8-10-18-25(23)32(27)21-13-5-2-6-14-21/h1-19H. The monoisotopic (exact) mass is 409 g/mol. The first-order valence-corrected chi connectivity index (χ1v) is 10.8. The van der Waals surface area contributed by atoms with Gasteiger partial charge in [0.15, 0.2) is 0 Å². The van der Waals surface area contributed by atoms with Crippen molar-refractivity contribution in [3.05, 3.63) is 115 Å². The van der Waals surface area contributed by atoms with Gasteiger partial charge in [-0.1, -0.05) is 72.8 Å². The fourth-order valence-corrected chi connectivity index (χ4v) is 4.94. The Bertz CT molecular complexity index is 1630. The number of nitrogens with zero attached hydrogens (tertiary/aromatic N) is 3. The summed E-state index contributed by atoms with van der Waals surface area (Å²) < 4.78 is 4.65. The van der Waals surface area contributed by atoms with Crippen LogP contribution in [0.2, 0.25) is 0 Å². The first-order valence-electron chi connectivity index (χ1n) is 10.8. The lowest BCUT2D eigenvalue weighted by atomic mass is 10.2. The third kappa shape index (κ3) is 2.33. The SMILES string of the molecule is c1ccc(-n2c3ccccc3c3nc4c5ccccc5n(-c5ccccc5)c4cc32)cc1. The first kappa shape index (κ1) is 17.3. The Morgan fingerprint density at radius 2 is 0.812 bits per heavy atom. The highest BCUT2D eigenvalue weighted by Gasteiger charge is 2.19. The lowest BCUT2D eigenvalue weighted by molar-refractivity contribution is 1.16. The molecule has 4 aromatic carbocycles. The highest BCUT2D eigenvalue weighted by molar-refractivity contribution is 6.15. The quantitative estimate of drug-likeness (QED) is 0.294. The van der Waals surface area contributed by atoms with Gasteiger partial charge >= 0.3 is 0 Å². The van der Waals surface area contributed by atoms with Crippen LogP contribution in [0.25, 0.3) is 55.2 Å². The smallest absolute Gasteiger partial charge is 0.0972 e. The summed E-state index contributed by atoms with van der Waals surface area (Å²) in [5, 5.41) is 2.34. The minimum Gasteiger partial charge on any atom is -0.308 e. The van der Waals surface area contributed by atoms with Gasteiger partial charge in [-0.15, -0.1) is 0 Å². The van der Waals surface area contributed by atoms with Gasteiger partial charge in [-0.25, -0.2) is 4.98 Å². The van der Waals surface area contributed by atoms with Crippen LogP contribution in [0.5, 0.6) is 0 Å². The van der Waals surface area contributed by atoms with Crippen molar-refractivity contribution in [1.82, 2.24) is 14.1 Å². The van der Waals surface area contributed by atoms with Crippen LogP contribution in [0, 0.1) is 0 Å². The Labute approximate surface area is 184 Å². The van der Waals surface area contributed by atoms with E-state index in [2.05, 4.69) is 124 Å². The van der Waals surface area contributed by atoms with Gasteiger partial charge in [0.2, 0.25) is 0 Å². The summed E-state index contributed by atoms with van der Waals surface area (Å²) >= 11 is 0. The van der Waals surface area contributed by atoms with Crippen molar-refractivity contribution >= 4 is 43.9 Å². The molecule has 0 aliphatic rings. The number of hydrogen-bond donors (Lipinski definition) is 0. The number of para-hydroxylation sites is 4. The summed E-state index contributed by atoms with van der Waals surface area (Å²) in [5.41, 5.74) is 8.92. The number of benzene rings is 4. The van der Waals surface area contributed by atoms with Crippen LogP contribution in [0.1, 0.15) is 0 Å². The van der Waals surface area contributed by atoms with Gasteiger partial charge in [0.1, 0.15) is 0 Å². The Morgan fingerprint density at radius 3 is 1.28 bits per heavy atom. The van der Waals surface area contributed by atoms with Crippen molar-refractivity contribution in [2.24, 2.45) is 0 Å². The van der Waals surface area contributed by atoms with Crippen molar-refractivity contribution in [1.29, 1.82) is 0 Å². The summed E-state index contributed by atoms with van der Waals surface area (Å²) in [6.45, 7) is 0. The fourth-order valence-electron chi connectivity index (χ4n) is 4.94. The van der Waals surface area contributed by atoms with Gasteiger partial charge in [0.25, 0.3) is 0 Å². The molecule has 3 heteroatoms. The van der Waals surface area contributed by atoms with Gasteiger partial charge in [-0.05, 0) is 42.5 Å². The third-order valence-corrected chi connectivity index (χ3v) is 6.29. The molecule has 32 heavy (non-hydrogen) atoms. The molecule has 0 aliphatic carbocycles. The number of fused-ring (bicyclic) bond motifs is 6. The number of hydrogen-bond acceptors (Lipinski definition) is 1. The van der Waals surface area contributed by atoms with E-state index in [1.807, 2.05) is 0 Å². The molecular weight excluding hydrogens is 390 g/mol. The second kappa shape index (κ2) is 6.56. The van der Waals surface area contributed by atoms with Gasteiger partial charge in [0, 0.05) is 22.1 Å². The van der Waals surface area contributed by atoms with Crippen LogP contribution >= 0.6 is 0 Å². The minimum atomic E-state index is 1.04. The molecule has 3 heterocycles. The molecule has 0 bridgehead atoms.